The van der Waals surface area contributed by atoms with Gasteiger partial charge >= 0.3 is 39.4 Å². The number of halogens is 2. The molecular weight excluding hydrogens is 425 g/mol. The average Bonchev–Trinajstić information content (AvgIpc) is 0. The maximum Gasteiger partial charge on any atom is 1.00 e. The zero-order valence-electron chi connectivity index (χ0n) is 1.36. The summed E-state index contributed by atoms with van der Waals surface area (Å²) in [6.45, 7) is 0. The van der Waals surface area contributed by atoms with Crippen molar-refractivity contribution in [3.63, 3.8) is 0 Å². The fourth-order valence-electron chi connectivity index (χ4n) is 0. The molecular formula is AgCuI2. The van der Waals surface area contributed by atoms with E-state index in [9.17, 15) is 0 Å². The Morgan fingerprint density at radius 3 is 0.750 bits per heavy atom. The number of hydrogen-bond acceptors (Lipinski definition) is 0. The Hall–Kier alpha value is 2.72. The molecule has 0 unspecified atom stereocenters. The van der Waals surface area contributed by atoms with Crippen molar-refractivity contribution in [2.75, 3.05) is 0 Å². The van der Waals surface area contributed by atoms with Crippen LogP contribution in [0.4, 0.5) is 0 Å². The fourth-order valence-corrected chi connectivity index (χ4v) is 0. The summed E-state index contributed by atoms with van der Waals surface area (Å²) in [6, 6.07) is 0. The first-order chi connectivity index (χ1) is 0. The summed E-state index contributed by atoms with van der Waals surface area (Å²) in [5.74, 6) is 0. The molecule has 0 N–H and O–H groups in total. The summed E-state index contributed by atoms with van der Waals surface area (Å²) in [5.41, 5.74) is 0. The normalized spacial score (nSPS) is 0. The SMILES string of the molecule is [Ag+].[Cu+].[I-].[I-]. The van der Waals surface area contributed by atoms with Gasteiger partial charge in [-0.05, 0) is 0 Å². The molecule has 36 valence electrons. The molecule has 0 spiro atoms. The van der Waals surface area contributed by atoms with Gasteiger partial charge in [0.15, 0.2) is 0 Å². The van der Waals surface area contributed by atoms with E-state index in [0.717, 1.165) is 0 Å². The van der Waals surface area contributed by atoms with Crippen molar-refractivity contribution in [2.45, 2.75) is 0 Å². The van der Waals surface area contributed by atoms with Crippen LogP contribution in [0.3, 0.4) is 0 Å². The molecule has 0 nitrogen and oxygen atoms in total. The van der Waals surface area contributed by atoms with Crippen LogP contribution in [0.15, 0.2) is 0 Å². The van der Waals surface area contributed by atoms with E-state index in [-0.39, 0.29) is 87.4 Å². The van der Waals surface area contributed by atoms with E-state index in [4.69, 9.17) is 0 Å². The van der Waals surface area contributed by atoms with Crippen LogP contribution in [0.5, 0.6) is 0 Å². The molecule has 0 atom stereocenters. The Bertz CT molecular complexity index is 6.00. The van der Waals surface area contributed by atoms with Gasteiger partial charge in [-0.3, -0.25) is 0 Å². The fraction of sp³-hybridized carbons (Fsp3) is 0. The number of hydrogen-bond donors (Lipinski definition) is 0. The minimum atomic E-state index is 0. The van der Waals surface area contributed by atoms with Gasteiger partial charge < -0.3 is 48.0 Å². The van der Waals surface area contributed by atoms with Gasteiger partial charge in [-0.2, -0.15) is 0 Å². The third kappa shape index (κ3) is 8.83. The second-order valence-corrected chi connectivity index (χ2v) is 0. The van der Waals surface area contributed by atoms with Gasteiger partial charge in [-0.15, -0.1) is 0 Å². The van der Waals surface area contributed by atoms with Gasteiger partial charge in [0, 0.05) is 0 Å². The molecule has 4 heavy (non-hydrogen) atoms. The van der Waals surface area contributed by atoms with E-state index < -0.39 is 0 Å². The molecule has 0 aliphatic carbocycles. The summed E-state index contributed by atoms with van der Waals surface area (Å²) in [6.07, 6.45) is 0. The van der Waals surface area contributed by atoms with Crippen molar-refractivity contribution in [3.8, 4) is 0 Å². The van der Waals surface area contributed by atoms with E-state index >= 15 is 0 Å². The summed E-state index contributed by atoms with van der Waals surface area (Å²) >= 11 is 0. The van der Waals surface area contributed by atoms with Crippen molar-refractivity contribution in [1.29, 1.82) is 0 Å². The Morgan fingerprint density at radius 1 is 0.750 bits per heavy atom. The van der Waals surface area contributed by atoms with Crippen molar-refractivity contribution >= 4 is 0 Å². The van der Waals surface area contributed by atoms with Crippen molar-refractivity contribution in [1.82, 2.24) is 0 Å². The molecule has 0 aliphatic rings. The minimum absolute atomic E-state index is 0. The van der Waals surface area contributed by atoms with Gasteiger partial charge in [0.1, 0.15) is 0 Å². The Morgan fingerprint density at radius 2 is 0.750 bits per heavy atom. The van der Waals surface area contributed by atoms with Gasteiger partial charge in [0.25, 0.3) is 0 Å². The molecule has 0 aromatic heterocycles. The molecule has 0 amide bonds. The molecule has 0 radical (unpaired) electrons. The third-order valence-electron chi connectivity index (χ3n) is 0. The smallest absolute Gasteiger partial charge is 1.00 e. The Labute approximate surface area is 85.9 Å². The molecule has 0 aromatic carbocycles. The van der Waals surface area contributed by atoms with E-state index in [2.05, 4.69) is 0 Å². The first kappa shape index (κ1) is 29.7. The molecule has 0 saturated heterocycles. The third-order valence-corrected chi connectivity index (χ3v) is 0. The summed E-state index contributed by atoms with van der Waals surface area (Å²) < 4.78 is 0. The second-order valence-electron chi connectivity index (χ2n) is 0. The standard InChI is InChI=1S/Ag.Cu.2HI/h;;2*1H/q2*+1;;/p-2. The summed E-state index contributed by atoms with van der Waals surface area (Å²) in [4.78, 5) is 0. The van der Waals surface area contributed by atoms with E-state index in [1.165, 1.54) is 0 Å². The molecule has 0 saturated carbocycles. The van der Waals surface area contributed by atoms with Crippen LogP contribution in [-0.4, -0.2) is 0 Å². The first-order valence-electron chi connectivity index (χ1n) is 0. The van der Waals surface area contributed by atoms with Crippen molar-refractivity contribution in [3.05, 3.63) is 0 Å². The van der Waals surface area contributed by atoms with Crippen LogP contribution in [-0.2, 0) is 39.4 Å². The molecule has 0 heterocycles. The van der Waals surface area contributed by atoms with Gasteiger partial charge in [-0.25, -0.2) is 0 Å². The van der Waals surface area contributed by atoms with Gasteiger partial charge in [0.2, 0.25) is 0 Å². The predicted molar refractivity (Wildman–Crippen MR) is 0 cm³/mol. The largest absolute Gasteiger partial charge is 1.00 e. The number of rotatable bonds is 0. The quantitative estimate of drug-likeness (QED) is 0.268. The summed E-state index contributed by atoms with van der Waals surface area (Å²) in [5, 5.41) is 0. The Balaban J connectivity index is 0. The van der Waals surface area contributed by atoms with Crippen LogP contribution < -0.4 is 48.0 Å². The second kappa shape index (κ2) is 17.2. The molecule has 0 aromatic rings. The molecule has 0 bridgehead atoms. The van der Waals surface area contributed by atoms with E-state index in [0.29, 0.717) is 0 Å². The van der Waals surface area contributed by atoms with Crippen LogP contribution in [0.1, 0.15) is 0 Å². The van der Waals surface area contributed by atoms with Gasteiger partial charge in [-0.1, -0.05) is 0 Å². The van der Waals surface area contributed by atoms with Gasteiger partial charge in [0.05, 0.1) is 0 Å². The average molecular weight is 425 g/mol. The predicted octanol–water partition coefficient (Wildman–Crippen LogP) is -6.00. The monoisotopic (exact) mass is 424 g/mol. The zero-order chi connectivity index (χ0) is 0. The molecule has 0 aliphatic heterocycles. The van der Waals surface area contributed by atoms with Crippen molar-refractivity contribution < 1.29 is 87.4 Å². The van der Waals surface area contributed by atoms with Crippen LogP contribution in [0.2, 0.25) is 0 Å². The molecule has 0 fully saturated rings. The topological polar surface area (TPSA) is 0 Å². The molecule has 4 heteroatoms. The van der Waals surface area contributed by atoms with Crippen LogP contribution in [0, 0.1) is 0 Å². The Kier molecular flexibility index (Phi) is 128. The zero-order valence-corrected chi connectivity index (χ0v) is 8.10. The van der Waals surface area contributed by atoms with E-state index in [1.54, 1.807) is 0 Å². The maximum atomic E-state index is 0. The minimum Gasteiger partial charge on any atom is -1.00 e. The molecule has 0 rings (SSSR count). The summed E-state index contributed by atoms with van der Waals surface area (Å²) in [7, 11) is 0. The van der Waals surface area contributed by atoms with Crippen LogP contribution in [0.25, 0.3) is 0 Å². The van der Waals surface area contributed by atoms with Crippen molar-refractivity contribution in [2.24, 2.45) is 0 Å². The van der Waals surface area contributed by atoms with E-state index in [1.807, 2.05) is 0 Å². The van der Waals surface area contributed by atoms with Crippen LogP contribution >= 0.6 is 0 Å². The first-order valence-corrected chi connectivity index (χ1v) is 0. The maximum absolute atomic E-state index is 0.